The summed E-state index contributed by atoms with van der Waals surface area (Å²) < 4.78 is 13.2. The Hall–Kier alpha value is -8.15. The summed E-state index contributed by atoms with van der Waals surface area (Å²) in [6.07, 6.45) is 1.85. The van der Waals surface area contributed by atoms with E-state index in [9.17, 15) is 0 Å². The van der Waals surface area contributed by atoms with Crippen molar-refractivity contribution in [2.24, 2.45) is 0 Å². The molecule has 0 unspecified atom stereocenters. The Morgan fingerprint density at radius 1 is 0.350 bits per heavy atom. The van der Waals surface area contributed by atoms with Crippen molar-refractivity contribution in [1.29, 1.82) is 0 Å². The van der Waals surface area contributed by atoms with Crippen molar-refractivity contribution in [3.63, 3.8) is 0 Å². The number of hydrogen-bond acceptors (Lipinski definition) is 5. The number of rotatable bonds is 6. The van der Waals surface area contributed by atoms with Gasteiger partial charge in [0, 0.05) is 66.5 Å². The van der Waals surface area contributed by atoms with E-state index >= 15 is 0 Å². The minimum Gasteiger partial charge on any atom is -0.455 e. The zero-order valence-electron chi connectivity index (χ0n) is 32.2. The Balaban J connectivity index is 0.955. The molecule has 60 heavy (non-hydrogen) atoms. The summed E-state index contributed by atoms with van der Waals surface area (Å²) in [6.45, 7) is 0. The molecule has 0 atom stereocenters. The maximum absolute atomic E-state index is 6.72. The molecule has 0 saturated carbocycles. The zero-order chi connectivity index (χ0) is 39.6. The monoisotopic (exact) mass is 767 g/mol. The quantitative estimate of drug-likeness (QED) is 0.169. The number of aromatic nitrogens is 3. The summed E-state index contributed by atoms with van der Waals surface area (Å²) in [5, 5.41) is 5.45. The van der Waals surface area contributed by atoms with Gasteiger partial charge in [0.05, 0.1) is 16.9 Å². The first kappa shape index (κ1) is 33.9. The van der Waals surface area contributed by atoms with Crippen LogP contribution in [0.4, 0.5) is 0 Å². The third-order valence-corrected chi connectivity index (χ3v) is 11.6. The van der Waals surface area contributed by atoms with Crippen LogP contribution in [-0.4, -0.2) is 15.0 Å². The van der Waals surface area contributed by atoms with Gasteiger partial charge in [-0.3, -0.25) is 4.98 Å². The maximum Gasteiger partial charge on any atom is 0.160 e. The van der Waals surface area contributed by atoms with Gasteiger partial charge in [0.2, 0.25) is 0 Å². The lowest BCUT2D eigenvalue weighted by Crippen LogP contribution is -1.96. The summed E-state index contributed by atoms with van der Waals surface area (Å²) in [5.74, 6) is 0.666. The maximum atomic E-state index is 6.72. The molecular weight excluding hydrogens is 735 g/mol. The van der Waals surface area contributed by atoms with Crippen molar-refractivity contribution in [2.45, 2.75) is 0 Å². The first-order chi connectivity index (χ1) is 29.7. The van der Waals surface area contributed by atoms with E-state index in [2.05, 4.69) is 151 Å². The average molecular weight is 768 g/mol. The molecule has 280 valence electrons. The fourth-order valence-corrected chi connectivity index (χ4v) is 8.68. The van der Waals surface area contributed by atoms with E-state index in [4.69, 9.17) is 18.8 Å². The van der Waals surface area contributed by atoms with Crippen LogP contribution in [-0.2, 0) is 0 Å². The van der Waals surface area contributed by atoms with Crippen LogP contribution < -0.4 is 0 Å². The fourth-order valence-electron chi connectivity index (χ4n) is 8.68. The molecule has 0 aliphatic rings. The molecule has 5 heteroatoms. The van der Waals surface area contributed by atoms with Gasteiger partial charge in [0.15, 0.2) is 5.82 Å². The van der Waals surface area contributed by atoms with Crippen molar-refractivity contribution in [1.82, 2.24) is 15.0 Å². The standard InChI is InChI=1S/C55H33N3O2/c1-2-11-36(12-3-1)47-33-48(58-55(57-47)39-28-24-35(25-29-39)41-17-8-13-38-14-10-32-56-52(38)41)37-26-22-34(23-27-37)40-30-31-45(54-51(40)46-16-5-7-21-50(46)60-54)44-19-9-18-43-42-15-4-6-20-49(42)59-53(43)44/h1-33H. The molecule has 4 aromatic heterocycles. The second-order valence-electron chi connectivity index (χ2n) is 15.1. The predicted octanol–water partition coefficient (Wildman–Crippen LogP) is 14.8. The number of benzene rings is 8. The second kappa shape index (κ2) is 13.8. The topological polar surface area (TPSA) is 65.0 Å². The van der Waals surface area contributed by atoms with Crippen molar-refractivity contribution in [2.75, 3.05) is 0 Å². The average Bonchev–Trinajstić information content (AvgIpc) is 3.91. The molecule has 4 heterocycles. The minimum atomic E-state index is 0.666. The van der Waals surface area contributed by atoms with Crippen LogP contribution in [0, 0.1) is 0 Å². The molecule has 5 nitrogen and oxygen atoms in total. The van der Waals surface area contributed by atoms with E-state index in [1.54, 1.807) is 0 Å². The molecule has 8 aromatic carbocycles. The van der Waals surface area contributed by atoms with Crippen LogP contribution in [0.25, 0.3) is 122 Å². The first-order valence-electron chi connectivity index (χ1n) is 20.1. The summed E-state index contributed by atoms with van der Waals surface area (Å²) in [5.41, 5.74) is 15.4. The Kier molecular flexibility index (Phi) is 7.78. The van der Waals surface area contributed by atoms with Gasteiger partial charge in [-0.25, -0.2) is 9.97 Å². The Bertz CT molecular complexity index is 3580. The molecule has 0 radical (unpaired) electrons. The molecule has 0 aliphatic heterocycles. The van der Waals surface area contributed by atoms with Crippen molar-refractivity contribution in [3.05, 3.63) is 200 Å². The summed E-state index contributed by atoms with van der Waals surface area (Å²) in [7, 11) is 0. The van der Waals surface area contributed by atoms with Gasteiger partial charge in [-0.15, -0.1) is 0 Å². The highest BCUT2D eigenvalue weighted by Gasteiger charge is 2.21. The van der Waals surface area contributed by atoms with Crippen molar-refractivity contribution in [3.8, 4) is 67.3 Å². The lowest BCUT2D eigenvalue weighted by atomic mass is 9.93. The highest BCUT2D eigenvalue weighted by Crippen LogP contribution is 2.45. The summed E-state index contributed by atoms with van der Waals surface area (Å²) >= 11 is 0. The molecule has 12 rings (SSSR count). The molecule has 0 aliphatic carbocycles. The number of furan rings is 2. The van der Waals surface area contributed by atoms with Crippen LogP contribution in [0.3, 0.4) is 0 Å². The third kappa shape index (κ3) is 5.59. The highest BCUT2D eigenvalue weighted by molar-refractivity contribution is 6.19. The van der Waals surface area contributed by atoms with Crippen molar-refractivity contribution >= 4 is 54.8 Å². The van der Waals surface area contributed by atoms with E-state index in [0.717, 1.165) is 116 Å². The highest BCUT2D eigenvalue weighted by atomic mass is 16.3. The molecule has 12 aromatic rings. The lowest BCUT2D eigenvalue weighted by molar-refractivity contribution is 0.665. The number of para-hydroxylation sites is 4. The minimum absolute atomic E-state index is 0.666. The zero-order valence-corrected chi connectivity index (χ0v) is 32.2. The molecule has 0 spiro atoms. The Morgan fingerprint density at radius 3 is 1.70 bits per heavy atom. The van der Waals surface area contributed by atoms with E-state index in [1.165, 1.54) is 0 Å². The number of fused-ring (bicyclic) bond motifs is 7. The lowest BCUT2D eigenvalue weighted by Gasteiger charge is -2.12. The van der Waals surface area contributed by atoms with Gasteiger partial charge in [0.1, 0.15) is 22.3 Å². The Morgan fingerprint density at radius 2 is 0.900 bits per heavy atom. The van der Waals surface area contributed by atoms with Gasteiger partial charge in [-0.1, -0.05) is 164 Å². The smallest absolute Gasteiger partial charge is 0.160 e. The summed E-state index contributed by atoms with van der Waals surface area (Å²) in [4.78, 5) is 15.0. The largest absolute Gasteiger partial charge is 0.455 e. The van der Waals surface area contributed by atoms with Crippen LogP contribution in [0.2, 0.25) is 0 Å². The molecule has 0 saturated heterocycles. The SMILES string of the molecule is c1ccc(-c2cc(-c3ccc(-c4ccc(-c5cccc6c5oc5ccccc56)c5oc6ccccc6c45)cc3)nc(-c3ccc(-c4cccc5cccnc45)cc3)n2)cc1. The van der Waals surface area contributed by atoms with Crippen LogP contribution in [0.15, 0.2) is 209 Å². The van der Waals surface area contributed by atoms with Gasteiger partial charge >= 0.3 is 0 Å². The van der Waals surface area contributed by atoms with Crippen LogP contribution in [0.1, 0.15) is 0 Å². The number of nitrogens with zero attached hydrogens (tertiary/aromatic N) is 3. The normalized spacial score (nSPS) is 11.7. The van der Waals surface area contributed by atoms with E-state index in [1.807, 2.05) is 54.7 Å². The van der Waals surface area contributed by atoms with E-state index in [-0.39, 0.29) is 0 Å². The molecular formula is C55H33N3O2. The molecule has 0 N–H and O–H groups in total. The van der Waals surface area contributed by atoms with Crippen molar-refractivity contribution < 1.29 is 8.83 Å². The number of pyridine rings is 1. The third-order valence-electron chi connectivity index (χ3n) is 11.6. The molecule has 0 amide bonds. The van der Waals surface area contributed by atoms with Crippen LogP contribution >= 0.6 is 0 Å². The second-order valence-corrected chi connectivity index (χ2v) is 15.1. The van der Waals surface area contributed by atoms with E-state index < -0.39 is 0 Å². The molecule has 0 fully saturated rings. The van der Waals surface area contributed by atoms with Crippen LogP contribution in [0.5, 0.6) is 0 Å². The summed E-state index contributed by atoms with van der Waals surface area (Å²) in [6, 6.07) is 67.1. The Labute approximate surface area is 344 Å². The van der Waals surface area contributed by atoms with Gasteiger partial charge in [-0.05, 0) is 47.0 Å². The first-order valence-corrected chi connectivity index (χ1v) is 20.1. The van der Waals surface area contributed by atoms with Gasteiger partial charge < -0.3 is 8.83 Å². The van der Waals surface area contributed by atoms with Gasteiger partial charge in [-0.2, -0.15) is 0 Å². The van der Waals surface area contributed by atoms with Gasteiger partial charge in [0.25, 0.3) is 0 Å². The number of hydrogen-bond donors (Lipinski definition) is 0. The fraction of sp³-hybridized carbons (Fsp3) is 0. The molecule has 0 bridgehead atoms. The van der Waals surface area contributed by atoms with E-state index in [0.29, 0.717) is 5.82 Å². The predicted molar refractivity (Wildman–Crippen MR) is 245 cm³/mol.